The van der Waals surface area contributed by atoms with Crippen molar-refractivity contribution in [2.75, 3.05) is 6.61 Å². The second-order valence-electron chi connectivity index (χ2n) is 3.82. The molecule has 0 fully saturated rings. The van der Waals surface area contributed by atoms with Crippen molar-refractivity contribution in [1.82, 2.24) is 0 Å². The van der Waals surface area contributed by atoms with Gasteiger partial charge in [0, 0.05) is 5.92 Å². The Labute approximate surface area is 92.5 Å². The van der Waals surface area contributed by atoms with Gasteiger partial charge in [0.15, 0.2) is 0 Å². The summed E-state index contributed by atoms with van der Waals surface area (Å²) in [5, 5.41) is 0. The molecule has 0 saturated carbocycles. The summed E-state index contributed by atoms with van der Waals surface area (Å²) in [5.41, 5.74) is 2.46. The minimum absolute atomic E-state index is 0.256. The fraction of sp³-hybridized carbons (Fsp3) is 0.429. The number of aryl methyl sites for hydroxylation is 1. The van der Waals surface area contributed by atoms with Gasteiger partial charge in [-0.1, -0.05) is 24.6 Å². The number of hydrogen-bond donors (Lipinski definition) is 0. The van der Waals surface area contributed by atoms with Crippen LogP contribution in [-0.2, 0) is 6.42 Å². The molecule has 0 radical (unpaired) electrons. The van der Waals surface area contributed by atoms with E-state index in [1.165, 1.54) is 11.1 Å². The lowest BCUT2D eigenvalue weighted by atomic mass is 9.99. The van der Waals surface area contributed by atoms with E-state index in [1.54, 1.807) is 0 Å². The Balaban J connectivity index is 2.92. The van der Waals surface area contributed by atoms with Gasteiger partial charge in [-0.2, -0.15) is 0 Å². The van der Waals surface area contributed by atoms with Gasteiger partial charge in [-0.25, -0.2) is 0 Å². The predicted octanol–water partition coefficient (Wildman–Crippen LogP) is 3.21. The first-order valence-corrected chi connectivity index (χ1v) is 5.35. The maximum atomic E-state index is 5.57. The summed E-state index contributed by atoms with van der Waals surface area (Å²) in [6, 6.07) is 6.24. The largest absolute Gasteiger partial charge is 0.494 e. The average molecular weight is 202 g/mol. The van der Waals surface area contributed by atoms with Crippen LogP contribution >= 0.6 is 0 Å². The molecule has 1 unspecified atom stereocenters. The van der Waals surface area contributed by atoms with Crippen LogP contribution in [0.25, 0.3) is 0 Å². The van der Waals surface area contributed by atoms with Crippen molar-refractivity contribution in [3.63, 3.8) is 0 Å². The Morgan fingerprint density at radius 3 is 2.80 bits per heavy atom. The lowest BCUT2D eigenvalue weighted by Gasteiger charge is -2.12. The second kappa shape index (κ2) is 5.46. The van der Waals surface area contributed by atoms with Gasteiger partial charge >= 0.3 is 0 Å². The van der Waals surface area contributed by atoms with E-state index in [1.807, 2.05) is 13.0 Å². The summed E-state index contributed by atoms with van der Waals surface area (Å²) < 4.78 is 5.57. The van der Waals surface area contributed by atoms with E-state index in [4.69, 9.17) is 11.2 Å². The van der Waals surface area contributed by atoms with Crippen LogP contribution in [0.3, 0.4) is 0 Å². The molecule has 0 spiro atoms. The summed E-state index contributed by atoms with van der Waals surface area (Å²) in [5.74, 6) is 3.97. The molecule has 0 N–H and O–H groups in total. The minimum Gasteiger partial charge on any atom is -0.494 e. The molecule has 0 aromatic heterocycles. The molecule has 1 atom stereocenters. The van der Waals surface area contributed by atoms with Crippen LogP contribution < -0.4 is 4.74 Å². The molecule has 1 aromatic rings. The zero-order chi connectivity index (χ0) is 11.3. The van der Waals surface area contributed by atoms with Crippen molar-refractivity contribution in [2.45, 2.75) is 27.2 Å². The maximum Gasteiger partial charge on any atom is 0.122 e. The Bertz CT molecular complexity index is 360. The third kappa shape index (κ3) is 3.32. The molecule has 1 aromatic carbocycles. The lowest BCUT2D eigenvalue weighted by Crippen LogP contribution is -2.01. The molecule has 80 valence electrons. The normalized spacial score (nSPS) is 11.9. The fourth-order valence-corrected chi connectivity index (χ4v) is 1.55. The van der Waals surface area contributed by atoms with E-state index < -0.39 is 0 Å². The van der Waals surface area contributed by atoms with Crippen molar-refractivity contribution >= 4 is 0 Å². The highest BCUT2D eigenvalue weighted by Crippen LogP contribution is 2.22. The summed E-state index contributed by atoms with van der Waals surface area (Å²) >= 11 is 0. The molecule has 0 aliphatic heterocycles. The number of terminal acetylenes is 1. The van der Waals surface area contributed by atoms with E-state index in [0.717, 1.165) is 12.2 Å². The molecule has 1 rings (SSSR count). The number of ether oxygens (including phenoxy) is 1. The zero-order valence-electron chi connectivity index (χ0n) is 9.71. The molecule has 0 bridgehead atoms. The Morgan fingerprint density at radius 2 is 2.20 bits per heavy atom. The summed E-state index contributed by atoms with van der Waals surface area (Å²) in [4.78, 5) is 0. The summed E-state index contributed by atoms with van der Waals surface area (Å²) in [6.07, 6.45) is 6.27. The van der Waals surface area contributed by atoms with Gasteiger partial charge in [-0.3, -0.25) is 0 Å². The number of benzene rings is 1. The van der Waals surface area contributed by atoms with E-state index in [-0.39, 0.29) is 5.92 Å². The van der Waals surface area contributed by atoms with E-state index in [0.29, 0.717) is 6.61 Å². The molecule has 0 amide bonds. The van der Waals surface area contributed by atoms with Gasteiger partial charge in [0.25, 0.3) is 0 Å². The number of hydrogen-bond acceptors (Lipinski definition) is 1. The number of rotatable bonds is 4. The first kappa shape index (κ1) is 11.7. The van der Waals surface area contributed by atoms with Crippen LogP contribution in [0.2, 0.25) is 0 Å². The van der Waals surface area contributed by atoms with Gasteiger partial charge < -0.3 is 4.74 Å². The SMILES string of the molecule is C#CC(C)Cc1cc(C)ccc1OCC. The molecule has 0 aliphatic rings. The smallest absolute Gasteiger partial charge is 0.122 e. The van der Waals surface area contributed by atoms with Crippen molar-refractivity contribution < 1.29 is 4.74 Å². The Morgan fingerprint density at radius 1 is 1.47 bits per heavy atom. The molecule has 1 nitrogen and oxygen atoms in total. The highest BCUT2D eigenvalue weighted by Gasteiger charge is 2.06. The molecular weight excluding hydrogens is 184 g/mol. The molecule has 0 heterocycles. The van der Waals surface area contributed by atoms with Crippen LogP contribution in [0.4, 0.5) is 0 Å². The van der Waals surface area contributed by atoms with Crippen molar-refractivity contribution in [3.8, 4) is 18.1 Å². The quantitative estimate of drug-likeness (QED) is 0.681. The van der Waals surface area contributed by atoms with Gasteiger partial charge in [-0.15, -0.1) is 12.3 Å². The highest BCUT2D eigenvalue weighted by atomic mass is 16.5. The summed E-state index contributed by atoms with van der Waals surface area (Å²) in [7, 11) is 0. The van der Waals surface area contributed by atoms with E-state index >= 15 is 0 Å². The first-order chi connectivity index (χ1) is 7.17. The van der Waals surface area contributed by atoms with Crippen LogP contribution in [0.15, 0.2) is 18.2 Å². The maximum absolute atomic E-state index is 5.57. The topological polar surface area (TPSA) is 9.23 Å². The molecule has 15 heavy (non-hydrogen) atoms. The van der Waals surface area contributed by atoms with Crippen molar-refractivity contribution in [2.24, 2.45) is 5.92 Å². The lowest BCUT2D eigenvalue weighted by molar-refractivity contribution is 0.335. The monoisotopic (exact) mass is 202 g/mol. The van der Waals surface area contributed by atoms with Gasteiger partial charge in [0.05, 0.1) is 6.61 Å². The molecule has 0 saturated heterocycles. The van der Waals surface area contributed by atoms with Crippen LogP contribution in [0.1, 0.15) is 25.0 Å². The molecule has 1 heteroatoms. The fourth-order valence-electron chi connectivity index (χ4n) is 1.55. The Kier molecular flexibility index (Phi) is 4.24. The summed E-state index contributed by atoms with van der Waals surface area (Å²) in [6.45, 7) is 6.83. The van der Waals surface area contributed by atoms with Gasteiger partial charge in [0.2, 0.25) is 0 Å². The minimum atomic E-state index is 0.256. The average Bonchev–Trinajstić information content (AvgIpc) is 2.22. The predicted molar refractivity (Wildman–Crippen MR) is 64.0 cm³/mol. The first-order valence-electron chi connectivity index (χ1n) is 5.35. The zero-order valence-corrected chi connectivity index (χ0v) is 9.71. The van der Waals surface area contributed by atoms with Crippen molar-refractivity contribution in [1.29, 1.82) is 0 Å². The Hall–Kier alpha value is -1.42. The van der Waals surface area contributed by atoms with Gasteiger partial charge in [0.1, 0.15) is 5.75 Å². The third-order valence-electron chi connectivity index (χ3n) is 2.33. The van der Waals surface area contributed by atoms with Gasteiger partial charge in [-0.05, 0) is 31.9 Å². The molecule has 0 aliphatic carbocycles. The second-order valence-corrected chi connectivity index (χ2v) is 3.82. The van der Waals surface area contributed by atoms with E-state index in [9.17, 15) is 0 Å². The molecular formula is C14H18O. The van der Waals surface area contributed by atoms with Crippen LogP contribution in [0, 0.1) is 25.2 Å². The van der Waals surface area contributed by atoms with Crippen LogP contribution in [-0.4, -0.2) is 6.61 Å². The van der Waals surface area contributed by atoms with E-state index in [2.05, 4.69) is 31.9 Å². The van der Waals surface area contributed by atoms with Crippen LogP contribution in [0.5, 0.6) is 5.75 Å². The highest BCUT2D eigenvalue weighted by molar-refractivity contribution is 5.37. The van der Waals surface area contributed by atoms with Crippen molar-refractivity contribution in [3.05, 3.63) is 29.3 Å². The third-order valence-corrected chi connectivity index (χ3v) is 2.33. The standard InChI is InChI=1S/C14H18O/c1-5-11(3)9-13-10-12(4)7-8-14(13)15-6-2/h1,7-8,10-11H,6,9H2,2-4H3.